The minimum atomic E-state index is -0.493. The van der Waals surface area contributed by atoms with Gasteiger partial charge in [-0.2, -0.15) is 0 Å². The molecule has 3 aromatic rings. The van der Waals surface area contributed by atoms with Crippen LogP contribution in [0.2, 0.25) is 0 Å². The summed E-state index contributed by atoms with van der Waals surface area (Å²) < 4.78 is 11.5. The molecule has 0 bridgehead atoms. The fraction of sp³-hybridized carbons (Fsp3) is 0.435. The van der Waals surface area contributed by atoms with E-state index in [0.717, 1.165) is 25.0 Å². The number of para-hydroxylation sites is 1. The van der Waals surface area contributed by atoms with E-state index in [1.807, 2.05) is 19.1 Å². The topological polar surface area (TPSA) is 63.4 Å². The van der Waals surface area contributed by atoms with Gasteiger partial charge in [-0.05, 0) is 49.3 Å². The molecule has 0 saturated carbocycles. The van der Waals surface area contributed by atoms with Gasteiger partial charge in [-0.15, -0.1) is 11.3 Å². The van der Waals surface area contributed by atoms with Crippen molar-refractivity contribution in [3.8, 4) is 0 Å². The molecule has 29 heavy (non-hydrogen) atoms. The Balaban J connectivity index is 1.40. The van der Waals surface area contributed by atoms with Gasteiger partial charge in [-0.3, -0.25) is 4.79 Å². The number of aromatic amines is 1. The number of hydrogen-bond acceptors (Lipinski definition) is 4. The summed E-state index contributed by atoms with van der Waals surface area (Å²) in [7, 11) is 0. The van der Waals surface area contributed by atoms with Crippen LogP contribution >= 0.6 is 11.3 Å². The van der Waals surface area contributed by atoms with Crippen molar-refractivity contribution in [3.63, 3.8) is 0 Å². The zero-order valence-electron chi connectivity index (χ0n) is 16.7. The van der Waals surface area contributed by atoms with E-state index >= 15 is 0 Å². The normalized spacial score (nSPS) is 19.1. The molecule has 0 aliphatic carbocycles. The van der Waals surface area contributed by atoms with Gasteiger partial charge in [0.1, 0.15) is 6.10 Å². The van der Waals surface area contributed by atoms with E-state index in [0.29, 0.717) is 13.2 Å². The number of rotatable bonds is 8. The van der Waals surface area contributed by atoms with Gasteiger partial charge in [0, 0.05) is 41.0 Å². The second-order valence-corrected chi connectivity index (χ2v) is 8.55. The lowest BCUT2D eigenvalue weighted by Crippen LogP contribution is -2.38. The van der Waals surface area contributed by atoms with Crippen molar-refractivity contribution in [1.29, 1.82) is 0 Å². The molecule has 3 unspecified atom stereocenters. The summed E-state index contributed by atoms with van der Waals surface area (Å²) in [4.78, 5) is 17.2. The van der Waals surface area contributed by atoms with Crippen molar-refractivity contribution < 1.29 is 14.3 Å². The molecular weight excluding hydrogens is 384 g/mol. The largest absolute Gasteiger partial charge is 0.376 e. The molecule has 1 fully saturated rings. The Hall–Kier alpha value is -2.15. The zero-order valence-corrected chi connectivity index (χ0v) is 17.5. The minimum Gasteiger partial charge on any atom is -0.376 e. The molecule has 4 rings (SSSR count). The van der Waals surface area contributed by atoms with E-state index in [2.05, 4.69) is 46.1 Å². The summed E-state index contributed by atoms with van der Waals surface area (Å²) in [5.74, 6) is 0.0196. The molecule has 1 aliphatic rings. The molecule has 154 valence electrons. The Labute approximate surface area is 175 Å². The second-order valence-electron chi connectivity index (χ2n) is 7.57. The Morgan fingerprint density at radius 2 is 2.21 bits per heavy atom. The van der Waals surface area contributed by atoms with E-state index in [9.17, 15) is 4.79 Å². The van der Waals surface area contributed by atoms with Gasteiger partial charge in [-0.1, -0.05) is 24.3 Å². The number of carbonyl (C=O) groups is 1. The Bertz CT molecular complexity index is 915. The zero-order chi connectivity index (χ0) is 20.1. The fourth-order valence-electron chi connectivity index (χ4n) is 3.85. The Morgan fingerprint density at radius 1 is 1.31 bits per heavy atom. The summed E-state index contributed by atoms with van der Waals surface area (Å²) in [6, 6.07) is 12.5. The number of fused-ring (bicyclic) bond motifs is 1. The van der Waals surface area contributed by atoms with Gasteiger partial charge in [-0.25, -0.2) is 0 Å². The van der Waals surface area contributed by atoms with Crippen LogP contribution in [0.4, 0.5) is 0 Å². The third-order valence-corrected chi connectivity index (χ3v) is 6.53. The van der Waals surface area contributed by atoms with Crippen LogP contribution in [0.1, 0.15) is 42.5 Å². The first-order valence-electron chi connectivity index (χ1n) is 10.3. The van der Waals surface area contributed by atoms with Crippen LogP contribution in [0.25, 0.3) is 10.9 Å². The molecule has 1 aromatic carbocycles. The number of ether oxygens (including phenoxy) is 2. The van der Waals surface area contributed by atoms with Crippen molar-refractivity contribution in [2.75, 3.05) is 19.8 Å². The monoisotopic (exact) mass is 412 g/mol. The van der Waals surface area contributed by atoms with Gasteiger partial charge in [0.05, 0.1) is 12.7 Å². The number of thiophene rings is 1. The molecular formula is C23H28N2O3S. The van der Waals surface area contributed by atoms with Crippen LogP contribution in [0.5, 0.6) is 0 Å². The predicted molar refractivity (Wildman–Crippen MR) is 116 cm³/mol. The lowest BCUT2D eigenvalue weighted by Gasteiger charge is -2.24. The summed E-state index contributed by atoms with van der Waals surface area (Å²) in [6.45, 7) is 3.62. The highest BCUT2D eigenvalue weighted by Crippen LogP contribution is 2.32. The number of carbonyl (C=O) groups excluding carboxylic acids is 1. The number of amides is 1. The van der Waals surface area contributed by atoms with Gasteiger partial charge in [0.25, 0.3) is 0 Å². The second kappa shape index (κ2) is 9.57. The average molecular weight is 413 g/mol. The molecule has 2 aromatic heterocycles. The van der Waals surface area contributed by atoms with E-state index < -0.39 is 6.10 Å². The van der Waals surface area contributed by atoms with Crippen LogP contribution in [0.3, 0.4) is 0 Å². The first kappa shape index (κ1) is 20.1. The van der Waals surface area contributed by atoms with Crippen molar-refractivity contribution in [3.05, 3.63) is 58.4 Å². The molecule has 6 heteroatoms. The number of nitrogens with one attached hydrogen (secondary N) is 2. The van der Waals surface area contributed by atoms with Crippen LogP contribution < -0.4 is 5.32 Å². The minimum absolute atomic E-state index is 0.0813. The predicted octanol–water partition coefficient (Wildman–Crippen LogP) is 4.45. The first-order chi connectivity index (χ1) is 14.2. The maximum absolute atomic E-state index is 12.6. The van der Waals surface area contributed by atoms with Crippen molar-refractivity contribution in [2.24, 2.45) is 0 Å². The standard InChI is InChI=1S/C23H28N2O3S/c1-16(28-15-17-7-4-5-11-27-17)23(26)25-14-20(22-10-6-12-29-22)19-13-24-21-9-3-2-8-18(19)21/h2-3,6,8-10,12-13,16-17,20,24H,4-5,7,11,14-15H2,1H3,(H,25,26). The average Bonchev–Trinajstić information content (AvgIpc) is 3.44. The maximum atomic E-state index is 12.6. The molecule has 0 radical (unpaired) electrons. The molecule has 1 amide bonds. The molecule has 1 saturated heterocycles. The summed E-state index contributed by atoms with van der Waals surface area (Å²) >= 11 is 1.71. The quantitative estimate of drug-likeness (QED) is 0.574. The number of benzene rings is 1. The van der Waals surface area contributed by atoms with E-state index in [1.165, 1.54) is 22.2 Å². The smallest absolute Gasteiger partial charge is 0.248 e. The maximum Gasteiger partial charge on any atom is 0.248 e. The van der Waals surface area contributed by atoms with Crippen molar-refractivity contribution >= 4 is 28.1 Å². The number of H-pyrrole nitrogens is 1. The SMILES string of the molecule is CC(OCC1CCCCO1)C(=O)NCC(c1cccs1)c1c[nH]c2ccccc12. The molecule has 2 N–H and O–H groups in total. The van der Waals surface area contributed by atoms with E-state index in [-0.39, 0.29) is 17.9 Å². The molecule has 3 atom stereocenters. The van der Waals surface area contributed by atoms with E-state index in [4.69, 9.17) is 9.47 Å². The molecule has 0 spiro atoms. The Kier molecular flexibility index (Phi) is 6.64. The molecule has 5 nitrogen and oxygen atoms in total. The Morgan fingerprint density at radius 3 is 3.00 bits per heavy atom. The van der Waals surface area contributed by atoms with Crippen molar-refractivity contribution in [2.45, 2.75) is 44.3 Å². The van der Waals surface area contributed by atoms with Gasteiger partial charge in [0.15, 0.2) is 0 Å². The van der Waals surface area contributed by atoms with Gasteiger partial charge < -0.3 is 19.8 Å². The van der Waals surface area contributed by atoms with Gasteiger partial charge >= 0.3 is 0 Å². The summed E-state index contributed by atoms with van der Waals surface area (Å²) in [6.07, 6.45) is 4.97. The van der Waals surface area contributed by atoms with E-state index in [1.54, 1.807) is 11.3 Å². The number of hydrogen-bond donors (Lipinski definition) is 2. The van der Waals surface area contributed by atoms with Crippen LogP contribution in [-0.4, -0.2) is 42.9 Å². The van der Waals surface area contributed by atoms with Crippen LogP contribution in [-0.2, 0) is 14.3 Å². The number of aromatic nitrogens is 1. The molecule has 1 aliphatic heterocycles. The first-order valence-corrected chi connectivity index (χ1v) is 11.2. The van der Waals surface area contributed by atoms with Crippen LogP contribution in [0.15, 0.2) is 48.0 Å². The highest BCUT2D eigenvalue weighted by molar-refractivity contribution is 7.10. The van der Waals surface area contributed by atoms with Crippen molar-refractivity contribution in [1.82, 2.24) is 10.3 Å². The lowest BCUT2D eigenvalue weighted by molar-refractivity contribution is -0.135. The lowest BCUT2D eigenvalue weighted by atomic mass is 9.96. The highest BCUT2D eigenvalue weighted by atomic mass is 32.1. The van der Waals surface area contributed by atoms with Gasteiger partial charge in [0.2, 0.25) is 5.91 Å². The molecule has 3 heterocycles. The third kappa shape index (κ3) is 4.89. The highest BCUT2D eigenvalue weighted by Gasteiger charge is 2.23. The summed E-state index contributed by atoms with van der Waals surface area (Å²) in [5, 5.41) is 6.37. The van der Waals surface area contributed by atoms with Crippen LogP contribution in [0, 0.1) is 0 Å². The summed E-state index contributed by atoms with van der Waals surface area (Å²) in [5.41, 5.74) is 2.31. The third-order valence-electron chi connectivity index (χ3n) is 5.54. The fourth-order valence-corrected chi connectivity index (χ4v) is 4.69.